The third-order valence-electron chi connectivity index (χ3n) is 15.7. The number of aliphatic hydroxyl groups excluding tert-OH is 1. The number of allylic oxidation sites excluding steroid dienone is 1. The summed E-state index contributed by atoms with van der Waals surface area (Å²) in [6, 6.07) is 10.9. The Morgan fingerprint density at radius 2 is 1.87 bits per heavy atom. The molecule has 1 aromatic carbocycles. The quantitative estimate of drug-likeness (QED) is 0.0809. The van der Waals surface area contributed by atoms with E-state index in [1.165, 1.54) is 38.2 Å². The fourth-order valence-electron chi connectivity index (χ4n) is 13.4. The number of benzene rings is 1. The molecule has 1 saturated heterocycles. The largest absolute Gasteiger partial charge is 0.458 e. The highest BCUT2D eigenvalue weighted by Crippen LogP contribution is 2.77. The number of nitrogens with one attached hydrogen (secondary N) is 2. The van der Waals surface area contributed by atoms with Crippen molar-refractivity contribution in [1.82, 2.24) is 10.9 Å². The number of esters is 2. The van der Waals surface area contributed by atoms with Crippen molar-refractivity contribution in [3.63, 3.8) is 0 Å². The van der Waals surface area contributed by atoms with Gasteiger partial charge in [0.15, 0.2) is 5.72 Å². The summed E-state index contributed by atoms with van der Waals surface area (Å²) in [4.78, 5) is 25.5. The van der Waals surface area contributed by atoms with Gasteiger partial charge in [0, 0.05) is 42.2 Å². The zero-order chi connectivity index (χ0) is 38.4. The molecule has 6 aliphatic rings. The fourth-order valence-corrected chi connectivity index (χ4v) is 13.4. The van der Waals surface area contributed by atoms with Crippen LogP contribution in [0.4, 0.5) is 0 Å². The minimum Gasteiger partial charge on any atom is -0.458 e. The van der Waals surface area contributed by atoms with E-state index in [-0.39, 0.29) is 41.8 Å². The van der Waals surface area contributed by atoms with Gasteiger partial charge in [-0.15, -0.1) is 0 Å². The van der Waals surface area contributed by atoms with Crippen molar-refractivity contribution in [1.29, 1.82) is 0 Å². The number of fused-ring (bicyclic) bond motifs is 3. The number of ether oxygens (including phenoxy) is 2. The van der Waals surface area contributed by atoms with E-state index in [1.54, 1.807) is 6.08 Å². The van der Waals surface area contributed by atoms with Crippen LogP contribution in [0.2, 0.25) is 0 Å². The van der Waals surface area contributed by atoms with E-state index in [2.05, 4.69) is 81.0 Å². The van der Waals surface area contributed by atoms with E-state index in [4.69, 9.17) is 9.47 Å². The van der Waals surface area contributed by atoms with Crippen molar-refractivity contribution >= 4 is 11.9 Å². The Kier molecular flexibility index (Phi) is 11.3. The lowest BCUT2D eigenvalue weighted by Crippen LogP contribution is -2.83. The number of hydrogen-bond donors (Lipinski definition) is 4. The predicted octanol–water partition coefficient (Wildman–Crippen LogP) is 8.12. The molecule has 1 spiro atoms. The van der Waals surface area contributed by atoms with Crippen LogP contribution in [0.15, 0.2) is 54.1 Å². The molecule has 8 nitrogen and oxygen atoms in total. The number of carbonyl (C=O) groups is 2. The number of carbonyl (C=O) groups excluding carboxylic acids is 2. The minimum atomic E-state index is -1.35. The molecule has 7 rings (SSSR count). The molecule has 2 bridgehead atoms. The normalized spacial score (nSPS) is 41.3. The predicted molar refractivity (Wildman–Crippen MR) is 211 cm³/mol. The van der Waals surface area contributed by atoms with Crippen molar-refractivity contribution in [3.8, 4) is 0 Å². The molecule has 2 heterocycles. The summed E-state index contributed by atoms with van der Waals surface area (Å²) < 4.78 is 12.0. The first-order valence-electron chi connectivity index (χ1n) is 21.5. The van der Waals surface area contributed by atoms with Gasteiger partial charge in [-0.2, -0.15) is 0 Å². The number of hydrazine groups is 1. The van der Waals surface area contributed by atoms with Crippen LogP contribution in [-0.2, 0) is 25.5 Å². The molecule has 298 valence electrons. The van der Waals surface area contributed by atoms with E-state index in [0.29, 0.717) is 43.4 Å². The van der Waals surface area contributed by atoms with Gasteiger partial charge in [0.2, 0.25) is 0 Å². The molecule has 0 radical (unpaired) electrons. The third-order valence-corrected chi connectivity index (χ3v) is 15.7. The first-order valence-corrected chi connectivity index (χ1v) is 21.5. The third kappa shape index (κ3) is 6.73. The van der Waals surface area contributed by atoms with Gasteiger partial charge in [0.05, 0.1) is 11.7 Å². The summed E-state index contributed by atoms with van der Waals surface area (Å²) in [6.07, 6.45) is 20.2. The zero-order valence-corrected chi connectivity index (χ0v) is 33.7. The standard InChI is InChI=1S/C46H68N2O6/c1-6-7-9-16-34-26-37-38(27-34)47-48-44(54-32(3)49)30-42(4)23-21-36(19-18-31(2)13-12-17-33-14-10-8-11-15-33)46(39(50)22-24-43(37,5)41(44)46)45(42,52)25-20-35-28-40(51)53-29-35/h8,10-11,14-15,21,23,28,31,34,36-39,41,47-48,50,52H,6-7,9,12-13,16-20,22,24-27,29-30H2,1-5H3/t31-,34-,36-,37+,38+,39+,41-,42+,43+,44-,45-,46+/m1/s1. The Labute approximate surface area is 324 Å². The number of unbranched alkanes of at least 4 members (excludes halogenated alkanes) is 2. The second-order valence-electron chi connectivity index (χ2n) is 19.1. The number of hydrogen-bond acceptors (Lipinski definition) is 8. The Hall–Kier alpha value is -2.52. The number of cyclic esters (lactones) is 1. The molecule has 3 saturated carbocycles. The minimum absolute atomic E-state index is 0.141. The van der Waals surface area contributed by atoms with Gasteiger partial charge in [0.25, 0.3) is 0 Å². The van der Waals surface area contributed by atoms with Crippen LogP contribution in [-0.4, -0.2) is 52.2 Å². The van der Waals surface area contributed by atoms with Gasteiger partial charge >= 0.3 is 11.9 Å². The van der Waals surface area contributed by atoms with Crippen LogP contribution in [0.5, 0.6) is 0 Å². The average molecular weight is 745 g/mol. The smallest absolute Gasteiger partial charge is 0.331 e. The SMILES string of the molecule is CCCCC[C@H]1C[C@@H]2NN[C@@]3(OC(C)=O)C[C@]4(C)C=C[C@@H](CC[C@H](C)CCCc5ccccc5)[C@@]5([C@@H](O)CC[C@@](C)([C@H]2C1)[C@@H]53)[C@@]4(O)CCC1=CC(=O)OC1. The van der Waals surface area contributed by atoms with Gasteiger partial charge in [-0.3, -0.25) is 10.2 Å². The van der Waals surface area contributed by atoms with Gasteiger partial charge in [0.1, 0.15) is 6.61 Å². The molecular weight excluding hydrogens is 677 g/mol. The van der Waals surface area contributed by atoms with Gasteiger partial charge in [-0.05, 0) is 98.0 Å². The number of rotatable bonds is 15. The second kappa shape index (κ2) is 15.4. The maximum absolute atomic E-state index is 14.0. The van der Waals surface area contributed by atoms with E-state index < -0.39 is 28.3 Å². The Morgan fingerprint density at radius 1 is 1.07 bits per heavy atom. The molecular formula is C46H68N2O6. The second-order valence-corrected chi connectivity index (χ2v) is 19.1. The highest BCUT2D eigenvalue weighted by atomic mass is 16.6. The van der Waals surface area contributed by atoms with Crippen LogP contribution < -0.4 is 10.9 Å². The van der Waals surface area contributed by atoms with Gasteiger partial charge < -0.3 is 19.7 Å². The van der Waals surface area contributed by atoms with Gasteiger partial charge in [-0.25, -0.2) is 10.2 Å². The van der Waals surface area contributed by atoms with E-state index in [0.717, 1.165) is 56.9 Å². The maximum Gasteiger partial charge on any atom is 0.331 e. The summed E-state index contributed by atoms with van der Waals surface area (Å²) >= 11 is 0. The van der Waals surface area contributed by atoms with E-state index >= 15 is 0 Å². The van der Waals surface area contributed by atoms with Crippen LogP contribution in [0.1, 0.15) is 136 Å². The molecule has 8 heteroatoms. The van der Waals surface area contributed by atoms with Crippen molar-refractivity contribution in [2.45, 2.75) is 161 Å². The molecule has 1 aromatic rings. The van der Waals surface area contributed by atoms with Crippen LogP contribution in [0, 0.1) is 45.8 Å². The molecule has 2 aliphatic heterocycles. The monoisotopic (exact) mass is 745 g/mol. The highest BCUT2D eigenvalue weighted by molar-refractivity contribution is 5.85. The molecule has 0 unspecified atom stereocenters. The first-order chi connectivity index (χ1) is 25.8. The number of aryl methyl sites for hydroxylation is 1. The van der Waals surface area contributed by atoms with Crippen molar-refractivity contribution in [2.75, 3.05) is 6.61 Å². The highest BCUT2D eigenvalue weighted by Gasteiger charge is 2.82. The Morgan fingerprint density at radius 3 is 2.59 bits per heavy atom. The average Bonchev–Trinajstić information content (AvgIpc) is 3.73. The molecule has 4 aliphatic carbocycles. The summed E-state index contributed by atoms with van der Waals surface area (Å²) in [5, 5.41) is 27.0. The molecule has 4 N–H and O–H groups in total. The Bertz CT molecular complexity index is 1580. The molecule has 0 amide bonds. The molecule has 0 aromatic heterocycles. The lowest BCUT2D eigenvalue weighted by atomic mass is 9.31. The van der Waals surface area contributed by atoms with Crippen molar-refractivity contribution in [3.05, 3.63) is 59.7 Å². The van der Waals surface area contributed by atoms with Gasteiger partial charge in [-0.1, -0.05) is 109 Å². The summed E-state index contributed by atoms with van der Waals surface area (Å²) in [5.41, 5.74) is 5.13. The molecule has 4 fully saturated rings. The van der Waals surface area contributed by atoms with Crippen LogP contribution in [0.3, 0.4) is 0 Å². The summed E-state index contributed by atoms with van der Waals surface area (Å²) in [7, 11) is 0. The van der Waals surface area contributed by atoms with E-state index in [1.807, 2.05) is 0 Å². The lowest BCUT2D eigenvalue weighted by molar-refractivity contribution is -0.357. The molecule has 54 heavy (non-hydrogen) atoms. The summed E-state index contributed by atoms with van der Waals surface area (Å²) in [5.74, 6) is 0.194. The van der Waals surface area contributed by atoms with Crippen LogP contribution in [0.25, 0.3) is 0 Å². The van der Waals surface area contributed by atoms with E-state index in [9.17, 15) is 19.8 Å². The Balaban J connectivity index is 1.30. The molecule has 12 atom stereocenters. The van der Waals surface area contributed by atoms with Crippen LogP contribution >= 0.6 is 0 Å². The zero-order valence-electron chi connectivity index (χ0n) is 33.7. The number of aliphatic hydroxyl groups is 2. The topological polar surface area (TPSA) is 117 Å². The fraction of sp³-hybridized carbons (Fsp3) is 0.739. The van der Waals surface area contributed by atoms with Crippen molar-refractivity contribution < 1.29 is 29.3 Å². The van der Waals surface area contributed by atoms with Crippen molar-refractivity contribution in [2.24, 2.45) is 45.8 Å². The summed E-state index contributed by atoms with van der Waals surface area (Å²) in [6.45, 7) is 10.9. The first kappa shape index (κ1) is 39.7. The lowest BCUT2D eigenvalue weighted by Gasteiger charge is -2.76. The maximum atomic E-state index is 14.0.